The fraction of sp³-hybridized carbons (Fsp3) is 0.872. The van der Waals surface area contributed by atoms with Gasteiger partial charge in [-0.3, -0.25) is 53.2 Å². The van der Waals surface area contributed by atoms with E-state index in [2.05, 4.69) is 120 Å². The molecule has 0 heterocycles. The molecule has 2 N–H and O–H groups in total. The van der Waals surface area contributed by atoms with Crippen LogP contribution >= 0.6 is 0 Å². The first-order chi connectivity index (χ1) is 50.3. The number of carbonyl (C=O) groups excluding carboxylic acids is 8. The molecule has 0 aromatic heterocycles. The fourth-order valence-electron chi connectivity index (χ4n) is 7.15. The van der Waals surface area contributed by atoms with Crippen LogP contribution in [0.25, 0.3) is 0 Å². The van der Waals surface area contributed by atoms with E-state index in [-0.39, 0.29) is 54.4 Å². The first-order valence-corrected chi connectivity index (χ1v) is 38.2. The number of ether oxygens (including phenoxy) is 8. The van der Waals surface area contributed by atoms with Crippen LogP contribution in [0.5, 0.6) is 0 Å². The molecule has 0 aromatic rings. The number of carbonyl (C=O) groups is 8. The maximum absolute atomic E-state index is 10.7. The van der Waals surface area contributed by atoms with Crippen molar-refractivity contribution in [1.29, 1.82) is 0 Å². The third kappa shape index (κ3) is 144. The van der Waals surface area contributed by atoms with E-state index in [9.17, 15) is 38.4 Å². The van der Waals surface area contributed by atoms with E-state index in [1.54, 1.807) is 51.5 Å². The van der Waals surface area contributed by atoms with Crippen molar-refractivity contribution in [3.63, 3.8) is 0 Å². The summed E-state index contributed by atoms with van der Waals surface area (Å²) < 4.78 is 38.4. The number of likely N-dealkylation sites (N-methyl/N-ethyl adjacent to an activating group) is 6. The Hall–Kier alpha value is -4.56. The SMILES string of the molecule is CC(=O)CN(C)C.CCN(CC)CC#CCOCCOC.CCN(CC)CC(C)=O.CCN(CC)CCC(C)=O.CCN(CC)CCCC(C)=O.CCN(CC)CCOCCO.CCOC(=O)CCN(C)C.CCOC(=O)CN(C)C.CN(C)CCOCCO.COC(=O)CCN(C)C.COC(=O)CN(C)C. The molecule has 644 valence electrons. The van der Waals surface area contributed by atoms with E-state index in [1.807, 2.05) is 111 Å². The lowest BCUT2D eigenvalue weighted by Crippen LogP contribution is -2.27. The van der Waals surface area contributed by atoms with E-state index in [4.69, 9.17) is 33.9 Å². The second-order valence-electron chi connectivity index (χ2n) is 25.1. The number of nitrogens with zero attached hydrogens (tertiary/aromatic N) is 11. The number of methoxy groups -OCH3 is 3. The summed E-state index contributed by atoms with van der Waals surface area (Å²) in [5, 5.41) is 16.7. The van der Waals surface area contributed by atoms with Crippen LogP contribution in [0, 0.1) is 11.8 Å². The van der Waals surface area contributed by atoms with Gasteiger partial charge in [0.05, 0.1) is 126 Å². The highest BCUT2D eigenvalue weighted by Crippen LogP contribution is 1.96. The van der Waals surface area contributed by atoms with Gasteiger partial charge in [0.15, 0.2) is 0 Å². The Balaban J connectivity index is -0.000000106. The van der Waals surface area contributed by atoms with Crippen LogP contribution in [0.4, 0.5) is 0 Å². The smallest absolute Gasteiger partial charge is 0.320 e. The first kappa shape index (κ1) is 126. The summed E-state index contributed by atoms with van der Waals surface area (Å²) in [6, 6.07) is 0. The molecule has 0 amide bonds. The second-order valence-corrected chi connectivity index (χ2v) is 25.1. The molecule has 0 aliphatic rings. The number of aliphatic hydroxyl groups is 2. The van der Waals surface area contributed by atoms with Crippen molar-refractivity contribution in [2.24, 2.45) is 0 Å². The lowest BCUT2D eigenvalue weighted by Gasteiger charge is -2.17. The molecule has 0 aromatic carbocycles. The van der Waals surface area contributed by atoms with Crippen molar-refractivity contribution in [3.8, 4) is 11.8 Å². The summed E-state index contributed by atoms with van der Waals surface area (Å²) in [4.78, 5) is 107. The van der Waals surface area contributed by atoms with Gasteiger partial charge >= 0.3 is 23.9 Å². The highest BCUT2D eigenvalue weighted by atomic mass is 16.5. The van der Waals surface area contributed by atoms with Crippen molar-refractivity contribution in [2.45, 2.75) is 143 Å². The van der Waals surface area contributed by atoms with Crippen molar-refractivity contribution >= 4 is 47.0 Å². The summed E-state index contributed by atoms with van der Waals surface area (Å²) in [6.07, 6.45) is 3.40. The van der Waals surface area contributed by atoms with Crippen LogP contribution in [0.3, 0.4) is 0 Å². The average molecular weight is 1550 g/mol. The minimum absolute atomic E-state index is 0.115. The van der Waals surface area contributed by atoms with Gasteiger partial charge in [0, 0.05) is 52.7 Å². The molecule has 0 radical (unpaired) electrons. The number of ketones is 4. The molecule has 0 aliphatic heterocycles. The molecule has 0 atom stereocenters. The molecule has 0 fully saturated rings. The highest BCUT2D eigenvalue weighted by molar-refractivity contribution is 5.78. The third-order valence-electron chi connectivity index (χ3n) is 13.5. The zero-order chi connectivity index (χ0) is 85.2. The van der Waals surface area contributed by atoms with Gasteiger partial charge in [0.25, 0.3) is 0 Å². The number of hydrogen-bond donors (Lipinski definition) is 2. The number of rotatable bonds is 48. The summed E-state index contributed by atoms with van der Waals surface area (Å²) in [5.74, 6) is 6.47. The Labute approximate surface area is 655 Å². The van der Waals surface area contributed by atoms with Crippen molar-refractivity contribution in [3.05, 3.63) is 0 Å². The van der Waals surface area contributed by atoms with Gasteiger partial charge in [-0.1, -0.05) is 81.1 Å². The van der Waals surface area contributed by atoms with E-state index in [0.717, 1.165) is 131 Å². The topological polar surface area (TPSA) is 286 Å². The molecular weight excluding hydrogens is 1380 g/mol. The highest BCUT2D eigenvalue weighted by Gasteiger charge is 2.06. The normalized spacial score (nSPS) is 10.2. The summed E-state index contributed by atoms with van der Waals surface area (Å²) in [6.45, 7) is 55.2. The molecule has 29 heteroatoms. The van der Waals surface area contributed by atoms with Crippen LogP contribution in [0.1, 0.15) is 143 Å². The molecule has 0 bridgehead atoms. The number of Topliss-reactive ketones (excluding diaryl/α,β-unsaturated/α-hetero) is 4. The predicted octanol–water partition coefficient (Wildman–Crippen LogP) is 5.39. The Kier molecular flexibility index (Phi) is 122. The lowest BCUT2D eigenvalue weighted by molar-refractivity contribution is -0.144. The van der Waals surface area contributed by atoms with Gasteiger partial charge in [0.2, 0.25) is 0 Å². The van der Waals surface area contributed by atoms with E-state index in [1.165, 1.54) is 14.2 Å². The van der Waals surface area contributed by atoms with E-state index < -0.39 is 0 Å². The second kappa shape index (κ2) is 103. The Morgan fingerprint density at radius 1 is 0.308 bits per heavy atom. The Bertz CT molecular complexity index is 1950. The van der Waals surface area contributed by atoms with Crippen LogP contribution < -0.4 is 0 Å². The van der Waals surface area contributed by atoms with Crippen LogP contribution in [-0.4, -0.2) is 427 Å². The van der Waals surface area contributed by atoms with Crippen LogP contribution in [-0.2, 0) is 76.3 Å². The van der Waals surface area contributed by atoms with Gasteiger partial charge < -0.3 is 87.2 Å². The van der Waals surface area contributed by atoms with Crippen molar-refractivity contribution in [1.82, 2.24) is 53.9 Å². The van der Waals surface area contributed by atoms with Crippen molar-refractivity contribution in [2.75, 3.05) is 316 Å². The molecule has 29 nitrogen and oxygen atoms in total. The molecule has 0 rings (SSSR count). The zero-order valence-electron chi connectivity index (χ0n) is 74.5. The average Bonchev–Trinajstić information content (AvgIpc) is 1.31. The van der Waals surface area contributed by atoms with Gasteiger partial charge in [-0.15, -0.1) is 0 Å². The number of hydrogen-bond acceptors (Lipinski definition) is 29. The quantitative estimate of drug-likeness (QED) is 0.0334. The molecule has 0 saturated carbocycles. The number of aliphatic hydroxyl groups excluding tert-OH is 2. The minimum Gasteiger partial charge on any atom is -0.469 e. The monoisotopic (exact) mass is 1550 g/mol. The first-order valence-electron chi connectivity index (χ1n) is 38.2. The number of esters is 4. The third-order valence-corrected chi connectivity index (χ3v) is 13.5. The van der Waals surface area contributed by atoms with Gasteiger partial charge in [-0.05, 0) is 205 Å². The van der Waals surface area contributed by atoms with Crippen LogP contribution in [0.15, 0.2) is 0 Å². The Morgan fingerprint density at radius 3 is 0.981 bits per heavy atom. The van der Waals surface area contributed by atoms with E-state index in [0.29, 0.717) is 104 Å². The molecule has 0 aliphatic carbocycles. The molecule has 0 unspecified atom stereocenters. The maximum Gasteiger partial charge on any atom is 0.320 e. The standard InChI is InChI=1S/C11H21NO2.C9H19NO.C8H19NO2.C8H17NO.C7H15NO2.C7H15NO.C6H13NO2.C6H15NO2.C6H13NO2.C5H11NO2.C5H11NO/c1-4-12(5-2)8-6-7-9-14-11-10-13-3;1-4-10(5-2)8-6-7-9(3)11;1-3-9(4-2)5-7-11-8-6-10;1-4-9(5-2)7-6-8(3)10;1-4-10-7(9)5-6-8(2)3;1-4-8(5-2)6-7(3)9;1-7(2)5-4-6(8)9-3;1-7(2)3-5-9-6-4-8;1-4-9-6(8)5-7(2)3;1-6(2)4-5(7)8-3;1-5(7)4-6(2)3/h4-5,8-11H2,1-3H3;4-8H2,1-3H3;10H,3-8H2,1-2H3;4-7H2,1-3H3;4-6H2,1-3H3;4-6H2,1-3H3;4-5H2,1-3H3;8H,3-6H2,1-2H3;4-5H2,1-3H3;4H2,1-3H3;4H2,1-3H3. The molecule has 107 heavy (non-hydrogen) atoms. The molecular formula is C78H169N11O18. The van der Waals surface area contributed by atoms with Gasteiger partial charge in [0.1, 0.15) is 29.7 Å². The maximum atomic E-state index is 10.7. The minimum atomic E-state index is -0.199. The van der Waals surface area contributed by atoms with Crippen molar-refractivity contribution < 1.29 is 86.5 Å². The van der Waals surface area contributed by atoms with Gasteiger partial charge in [-0.25, -0.2) is 0 Å². The predicted molar refractivity (Wildman–Crippen MR) is 440 cm³/mol. The van der Waals surface area contributed by atoms with E-state index >= 15 is 0 Å². The zero-order valence-corrected chi connectivity index (χ0v) is 74.5. The summed E-state index contributed by atoms with van der Waals surface area (Å²) >= 11 is 0. The lowest BCUT2D eigenvalue weighted by atomic mass is 10.2. The largest absolute Gasteiger partial charge is 0.469 e. The summed E-state index contributed by atoms with van der Waals surface area (Å²) in [5.41, 5.74) is 0. The Morgan fingerprint density at radius 2 is 0.673 bits per heavy atom. The molecule has 0 saturated heterocycles. The fourth-order valence-corrected chi connectivity index (χ4v) is 7.15. The van der Waals surface area contributed by atoms with Crippen LogP contribution in [0.2, 0.25) is 0 Å². The molecule has 0 spiro atoms. The van der Waals surface area contributed by atoms with Gasteiger partial charge in [-0.2, -0.15) is 0 Å². The summed E-state index contributed by atoms with van der Waals surface area (Å²) in [7, 11) is 27.2.